The van der Waals surface area contributed by atoms with E-state index in [0.29, 0.717) is 11.5 Å². The number of para-hydroxylation sites is 1. The first kappa shape index (κ1) is 29.8. The fraction of sp³-hybridized carbons (Fsp3) is 0.0909. The number of furan rings is 1. The van der Waals surface area contributed by atoms with E-state index >= 15 is 0 Å². The van der Waals surface area contributed by atoms with E-state index in [2.05, 4.69) is 142 Å². The minimum atomic E-state index is 0.621. The highest BCUT2D eigenvalue weighted by Crippen LogP contribution is 2.35. The second-order valence-corrected chi connectivity index (χ2v) is 13.2. The molecule has 2 heterocycles. The number of aliphatic imine (C=N–C) groups is 2. The van der Waals surface area contributed by atoms with Gasteiger partial charge in [-0.3, -0.25) is 0 Å². The van der Waals surface area contributed by atoms with E-state index in [1.807, 2.05) is 23.5 Å². The maximum absolute atomic E-state index is 6.29. The SMILES string of the molecule is C=C(/N=C(\N=C(/C)C1=CCC=c2c(oc3ccccc23)=C1)c1ccccc1-c1ccc(CC)cc1)c1ccc2sc3ccccc3c2c1. The molecule has 1 aliphatic rings. The lowest BCUT2D eigenvalue weighted by Crippen LogP contribution is -2.19. The summed E-state index contributed by atoms with van der Waals surface area (Å²) in [4.78, 5) is 10.5. The first-order valence-corrected chi connectivity index (χ1v) is 17.2. The van der Waals surface area contributed by atoms with Crippen molar-refractivity contribution in [2.45, 2.75) is 26.7 Å². The number of benzene rings is 5. The van der Waals surface area contributed by atoms with E-state index < -0.39 is 0 Å². The molecule has 0 saturated heterocycles. The fourth-order valence-corrected chi connectivity index (χ4v) is 7.56. The molecule has 3 nitrogen and oxygen atoms in total. The number of thiophene rings is 1. The number of nitrogens with zero attached hydrogens (tertiary/aromatic N) is 2. The number of hydrogen-bond donors (Lipinski definition) is 0. The zero-order valence-corrected chi connectivity index (χ0v) is 27.9. The molecule has 48 heavy (non-hydrogen) atoms. The lowest BCUT2D eigenvalue weighted by Gasteiger charge is -2.13. The van der Waals surface area contributed by atoms with Crippen molar-refractivity contribution in [3.8, 4) is 11.1 Å². The third-order valence-corrected chi connectivity index (χ3v) is 10.2. The van der Waals surface area contributed by atoms with Gasteiger partial charge in [0.1, 0.15) is 11.0 Å². The summed E-state index contributed by atoms with van der Waals surface area (Å²) in [5.74, 6) is 0.621. The quantitative estimate of drug-likeness (QED) is 0.132. The third-order valence-electron chi connectivity index (χ3n) is 9.09. The van der Waals surface area contributed by atoms with E-state index in [-0.39, 0.29) is 0 Å². The number of fused-ring (bicyclic) bond motifs is 6. The van der Waals surface area contributed by atoms with Crippen LogP contribution in [0.2, 0.25) is 0 Å². The molecule has 5 aromatic carbocycles. The van der Waals surface area contributed by atoms with Gasteiger partial charge in [-0.1, -0.05) is 117 Å². The van der Waals surface area contributed by atoms with Gasteiger partial charge in [-0.15, -0.1) is 11.3 Å². The summed E-state index contributed by atoms with van der Waals surface area (Å²) in [6.07, 6.45) is 8.32. The Labute approximate surface area is 283 Å². The van der Waals surface area contributed by atoms with Gasteiger partial charge in [-0.25, -0.2) is 9.98 Å². The number of allylic oxidation sites excluding steroid dienone is 2. The summed E-state index contributed by atoms with van der Waals surface area (Å²) >= 11 is 1.81. The van der Waals surface area contributed by atoms with Crippen molar-refractivity contribution in [1.29, 1.82) is 0 Å². The molecule has 232 valence electrons. The fourth-order valence-electron chi connectivity index (χ4n) is 6.47. The van der Waals surface area contributed by atoms with E-state index in [9.17, 15) is 0 Å². The maximum atomic E-state index is 6.29. The van der Waals surface area contributed by atoms with Gasteiger partial charge >= 0.3 is 0 Å². The Morgan fingerprint density at radius 2 is 1.52 bits per heavy atom. The zero-order chi connectivity index (χ0) is 32.6. The average Bonchev–Trinajstić information content (AvgIpc) is 3.60. The molecule has 0 N–H and O–H groups in total. The minimum absolute atomic E-state index is 0.621. The average molecular weight is 639 g/mol. The Hall–Kier alpha value is -5.58. The van der Waals surface area contributed by atoms with Crippen LogP contribution in [0, 0.1) is 0 Å². The molecule has 2 aromatic heterocycles. The molecule has 4 heteroatoms. The summed E-state index contributed by atoms with van der Waals surface area (Å²) in [7, 11) is 0. The highest BCUT2D eigenvalue weighted by atomic mass is 32.1. The second-order valence-electron chi connectivity index (χ2n) is 12.1. The zero-order valence-electron chi connectivity index (χ0n) is 27.0. The predicted molar refractivity (Wildman–Crippen MR) is 206 cm³/mol. The van der Waals surface area contributed by atoms with E-state index in [1.165, 1.54) is 25.7 Å². The summed E-state index contributed by atoms with van der Waals surface area (Å²) in [5, 5.41) is 4.73. The van der Waals surface area contributed by atoms with Gasteiger partial charge in [0.15, 0.2) is 5.84 Å². The van der Waals surface area contributed by atoms with Gasteiger partial charge < -0.3 is 4.42 Å². The summed E-state index contributed by atoms with van der Waals surface area (Å²) in [6.45, 7) is 8.71. The molecular weight excluding hydrogens is 605 g/mol. The van der Waals surface area contributed by atoms with Crippen LogP contribution in [0.3, 0.4) is 0 Å². The van der Waals surface area contributed by atoms with Crippen molar-refractivity contribution in [2.24, 2.45) is 9.98 Å². The Kier molecular flexibility index (Phi) is 7.79. The molecule has 0 spiro atoms. The Morgan fingerprint density at radius 3 is 2.38 bits per heavy atom. The van der Waals surface area contributed by atoms with Gasteiger partial charge in [0.2, 0.25) is 0 Å². The number of rotatable bonds is 6. The summed E-state index contributed by atoms with van der Waals surface area (Å²) in [5.41, 5.74) is 9.72. The van der Waals surface area contributed by atoms with Crippen LogP contribution in [-0.4, -0.2) is 11.5 Å². The molecule has 7 aromatic rings. The van der Waals surface area contributed by atoms with Crippen LogP contribution in [0.4, 0.5) is 0 Å². The molecular formula is C44H34N2OS. The van der Waals surface area contributed by atoms with Crippen molar-refractivity contribution in [3.05, 3.63) is 161 Å². The lowest BCUT2D eigenvalue weighted by molar-refractivity contribution is 0.575. The molecule has 0 aliphatic heterocycles. The third kappa shape index (κ3) is 5.55. The molecule has 0 bridgehead atoms. The van der Waals surface area contributed by atoms with Crippen molar-refractivity contribution >= 4 is 71.9 Å². The highest BCUT2D eigenvalue weighted by Gasteiger charge is 2.15. The van der Waals surface area contributed by atoms with Crippen LogP contribution in [0.25, 0.3) is 60.1 Å². The van der Waals surface area contributed by atoms with Crippen LogP contribution in [0.5, 0.6) is 0 Å². The van der Waals surface area contributed by atoms with Crippen LogP contribution in [-0.2, 0) is 6.42 Å². The van der Waals surface area contributed by atoms with E-state index in [4.69, 9.17) is 14.4 Å². The van der Waals surface area contributed by atoms with Gasteiger partial charge in [0, 0.05) is 47.6 Å². The van der Waals surface area contributed by atoms with Gasteiger partial charge in [0.25, 0.3) is 0 Å². The topological polar surface area (TPSA) is 37.9 Å². The van der Waals surface area contributed by atoms with Gasteiger partial charge in [0.05, 0.1) is 5.70 Å². The van der Waals surface area contributed by atoms with Gasteiger partial charge in [-0.05, 0) is 72.4 Å². The number of aryl methyl sites for hydroxylation is 1. The van der Waals surface area contributed by atoms with E-state index in [1.54, 1.807) is 0 Å². The van der Waals surface area contributed by atoms with Crippen LogP contribution >= 0.6 is 11.3 Å². The second kappa shape index (κ2) is 12.6. The molecule has 0 saturated carbocycles. The molecule has 0 atom stereocenters. The smallest absolute Gasteiger partial charge is 0.160 e. The molecule has 8 rings (SSSR count). The minimum Gasteiger partial charge on any atom is -0.456 e. The lowest BCUT2D eigenvalue weighted by atomic mass is 9.97. The van der Waals surface area contributed by atoms with Crippen LogP contribution in [0.1, 0.15) is 37.0 Å². The highest BCUT2D eigenvalue weighted by molar-refractivity contribution is 7.25. The van der Waals surface area contributed by atoms with Crippen molar-refractivity contribution in [1.82, 2.24) is 0 Å². The monoisotopic (exact) mass is 638 g/mol. The predicted octanol–water partition coefficient (Wildman–Crippen LogP) is 10.5. The Balaban J connectivity index is 1.26. The largest absolute Gasteiger partial charge is 0.456 e. The maximum Gasteiger partial charge on any atom is 0.160 e. The van der Waals surface area contributed by atoms with Crippen LogP contribution < -0.4 is 10.6 Å². The summed E-state index contributed by atoms with van der Waals surface area (Å²) < 4.78 is 8.82. The molecule has 0 radical (unpaired) electrons. The molecule has 0 amide bonds. The standard InChI is InChI=1S/C44H34N2OS/c1-4-30-20-22-31(23-21-30)34-13-5-6-16-38(34)44(46-29(3)33-24-25-43-39(26-33)37-15-8-10-19-42(37)48-43)45-28(2)32-12-11-17-36-35-14-7-9-18-40(35)47-41(36)27-32/h5-10,12-27H,3-4,11H2,1-2H3/b45-28+,46-44-. The van der Waals surface area contributed by atoms with Crippen LogP contribution in [0.15, 0.2) is 148 Å². The first-order valence-electron chi connectivity index (χ1n) is 16.4. The number of amidine groups is 1. The van der Waals surface area contributed by atoms with Crippen molar-refractivity contribution in [3.63, 3.8) is 0 Å². The number of hydrogen-bond acceptors (Lipinski definition) is 3. The van der Waals surface area contributed by atoms with E-state index in [0.717, 1.165) is 68.0 Å². The molecule has 1 aliphatic carbocycles. The molecule has 0 fully saturated rings. The molecule has 0 unspecified atom stereocenters. The van der Waals surface area contributed by atoms with Gasteiger partial charge in [-0.2, -0.15) is 0 Å². The Morgan fingerprint density at radius 1 is 0.771 bits per heavy atom. The first-order chi connectivity index (χ1) is 23.6. The van der Waals surface area contributed by atoms with Crippen molar-refractivity contribution in [2.75, 3.05) is 0 Å². The Bertz CT molecular complexity index is 2590. The normalized spacial score (nSPS) is 13.6. The van der Waals surface area contributed by atoms with Crippen molar-refractivity contribution < 1.29 is 4.42 Å². The summed E-state index contributed by atoms with van der Waals surface area (Å²) in [6, 6.07) is 40.4.